The molecule has 18 heavy (non-hydrogen) atoms. The Morgan fingerprint density at radius 1 is 1.39 bits per heavy atom. The molecule has 1 heterocycles. The number of nitrogen functional groups attached to an aromatic ring is 1. The highest BCUT2D eigenvalue weighted by Crippen LogP contribution is 2.49. The van der Waals surface area contributed by atoms with Crippen LogP contribution in [0.3, 0.4) is 0 Å². The van der Waals surface area contributed by atoms with Crippen molar-refractivity contribution >= 4 is 51.9 Å². The number of nitrogens with two attached hydrogens (primary N) is 1. The van der Waals surface area contributed by atoms with Gasteiger partial charge in [0.1, 0.15) is 0 Å². The third-order valence-corrected chi connectivity index (χ3v) is 5.63. The number of hydrogen-bond acceptors (Lipinski definition) is 3. The summed E-state index contributed by atoms with van der Waals surface area (Å²) in [5, 5.41) is 1.05. The van der Waals surface area contributed by atoms with E-state index in [2.05, 4.69) is 11.2 Å². The highest BCUT2D eigenvalue weighted by molar-refractivity contribution is 8.00. The number of imidazole rings is 1. The lowest BCUT2D eigenvalue weighted by molar-refractivity contribution is 0.687. The lowest BCUT2D eigenvalue weighted by atomic mass is 10.3. The van der Waals surface area contributed by atoms with E-state index in [1.807, 2.05) is 22.4 Å². The van der Waals surface area contributed by atoms with Crippen molar-refractivity contribution in [2.45, 2.75) is 24.1 Å². The molecular weight excluding hydrogens is 289 g/mol. The molecule has 2 N–H and O–H groups in total. The Hall–Kier alpha value is -0.580. The van der Waals surface area contributed by atoms with Gasteiger partial charge in [0, 0.05) is 11.3 Å². The Labute approximate surface area is 120 Å². The maximum absolute atomic E-state index is 6.07. The predicted molar refractivity (Wildman–Crippen MR) is 79.6 cm³/mol. The fourth-order valence-electron chi connectivity index (χ4n) is 2.16. The molecule has 1 aliphatic rings. The van der Waals surface area contributed by atoms with E-state index >= 15 is 0 Å². The van der Waals surface area contributed by atoms with Crippen LogP contribution in [-0.4, -0.2) is 20.6 Å². The molecule has 1 saturated carbocycles. The van der Waals surface area contributed by atoms with Crippen LogP contribution in [0.15, 0.2) is 12.1 Å². The Kier molecular flexibility index (Phi) is 2.92. The number of rotatable bonds is 3. The topological polar surface area (TPSA) is 43.8 Å². The Morgan fingerprint density at radius 2 is 2.06 bits per heavy atom. The Balaban J connectivity index is 2.10. The van der Waals surface area contributed by atoms with Crippen LogP contribution in [-0.2, 0) is 6.54 Å². The zero-order chi connectivity index (χ0) is 12.9. The molecule has 1 aliphatic carbocycles. The maximum Gasteiger partial charge on any atom is 0.201 e. The third-order valence-electron chi connectivity index (χ3n) is 3.51. The van der Waals surface area contributed by atoms with Gasteiger partial charge in [0.25, 0.3) is 0 Å². The smallest absolute Gasteiger partial charge is 0.201 e. The lowest BCUT2D eigenvalue weighted by Gasteiger charge is -2.14. The van der Waals surface area contributed by atoms with Crippen LogP contribution >= 0.6 is 35.0 Å². The molecule has 0 amide bonds. The highest BCUT2D eigenvalue weighted by Gasteiger charge is 2.42. The van der Waals surface area contributed by atoms with Gasteiger partial charge in [-0.2, -0.15) is 11.8 Å². The molecular formula is C12H13Cl2N3S. The number of aromatic nitrogens is 2. The van der Waals surface area contributed by atoms with Gasteiger partial charge < -0.3 is 10.3 Å². The average molecular weight is 302 g/mol. The first-order chi connectivity index (χ1) is 8.54. The van der Waals surface area contributed by atoms with Crippen molar-refractivity contribution < 1.29 is 0 Å². The summed E-state index contributed by atoms with van der Waals surface area (Å²) < 4.78 is 2.37. The van der Waals surface area contributed by atoms with Gasteiger partial charge in [0.15, 0.2) is 0 Å². The molecule has 0 unspecified atom stereocenters. The van der Waals surface area contributed by atoms with Crippen LogP contribution in [0.1, 0.15) is 12.8 Å². The number of fused-ring (bicyclic) bond motifs is 1. The minimum absolute atomic E-state index is 0.327. The molecule has 6 heteroatoms. The number of benzene rings is 1. The number of hydrogen-bond donors (Lipinski definition) is 1. The summed E-state index contributed by atoms with van der Waals surface area (Å²) in [4.78, 5) is 4.35. The van der Waals surface area contributed by atoms with Gasteiger partial charge in [-0.15, -0.1) is 0 Å². The lowest BCUT2D eigenvalue weighted by Crippen LogP contribution is -2.15. The molecule has 3 rings (SSSR count). The van der Waals surface area contributed by atoms with Crippen LogP contribution in [0.4, 0.5) is 5.95 Å². The summed E-state index contributed by atoms with van der Waals surface area (Å²) in [6.45, 7) is 0.883. The SMILES string of the molecule is CSC1(Cn2c(N)nc3cc(Cl)c(Cl)cc32)CC1. The second kappa shape index (κ2) is 4.22. The molecule has 0 saturated heterocycles. The van der Waals surface area contributed by atoms with E-state index in [0.29, 0.717) is 20.7 Å². The van der Waals surface area contributed by atoms with Crippen LogP contribution in [0.5, 0.6) is 0 Å². The van der Waals surface area contributed by atoms with Crippen molar-refractivity contribution in [2.75, 3.05) is 12.0 Å². The number of thioether (sulfide) groups is 1. The minimum atomic E-state index is 0.327. The standard InChI is InChI=1S/C12H13Cl2N3S/c1-18-12(2-3-12)6-17-10-5-8(14)7(13)4-9(10)16-11(17)15/h4-5H,2-3,6H2,1H3,(H2,15,16). The van der Waals surface area contributed by atoms with E-state index in [-0.39, 0.29) is 0 Å². The van der Waals surface area contributed by atoms with Gasteiger partial charge in [0.05, 0.1) is 21.1 Å². The van der Waals surface area contributed by atoms with E-state index in [1.54, 1.807) is 6.07 Å². The fourth-order valence-corrected chi connectivity index (χ4v) is 3.24. The molecule has 1 aromatic carbocycles. The number of anilines is 1. The summed E-state index contributed by atoms with van der Waals surface area (Å²) in [5.74, 6) is 0.531. The zero-order valence-electron chi connectivity index (χ0n) is 9.91. The monoisotopic (exact) mass is 301 g/mol. The van der Waals surface area contributed by atoms with Crippen LogP contribution < -0.4 is 5.73 Å². The normalized spacial score (nSPS) is 17.3. The molecule has 0 spiro atoms. The van der Waals surface area contributed by atoms with Crippen molar-refractivity contribution in [1.29, 1.82) is 0 Å². The molecule has 0 aliphatic heterocycles. The second-order valence-electron chi connectivity index (χ2n) is 4.70. The summed E-state index contributed by atoms with van der Waals surface area (Å²) in [6, 6.07) is 3.61. The van der Waals surface area contributed by atoms with Gasteiger partial charge >= 0.3 is 0 Å². The van der Waals surface area contributed by atoms with Crippen molar-refractivity contribution in [1.82, 2.24) is 9.55 Å². The zero-order valence-corrected chi connectivity index (χ0v) is 12.2. The first-order valence-electron chi connectivity index (χ1n) is 5.71. The van der Waals surface area contributed by atoms with Crippen LogP contribution in [0.25, 0.3) is 11.0 Å². The van der Waals surface area contributed by atoms with Gasteiger partial charge in [-0.25, -0.2) is 4.98 Å². The molecule has 1 aromatic heterocycles. The quantitative estimate of drug-likeness (QED) is 0.937. The van der Waals surface area contributed by atoms with Crippen molar-refractivity contribution in [3.8, 4) is 0 Å². The summed E-state index contributed by atoms with van der Waals surface area (Å²) >= 11 is 14.0. The van der Waals surface area contributed by atoms with E-state index in [4.69, 9.17) is 28.9 Å². The van der Waals surface area contributed by atoms with Crippen molar-refractivity contribution in [2.24, 2.45) is 0 Å². The highest BCUT2D eigenvalue weighted by atomic mass is 35.5. The van der Waals surface area contributed by atoms with Crippen molar-refractivity contribution in [3.63, 3.8) is 0 Å². The predicted octanol–water partition coefficient (Wildman–Crippen LogP) is 3.82. The molecule has 2 aromatic rings. The Bertz CT molecular complexity index is 619. The minimum Gasteiger partial charge on any atom is -0.369 e. The first kappa shape index (κ1) is 12.5. The van der Waals surface area contributed by atoms with E-state index in [0.717, 1.165) is 17.6 Å². The molecule has 96 valence electrons. The summed E-state index contributed by atoms with van der Waals surface area (Å²) in [5.41, 5.74) is 7.76. The fraction of sp³-hybridized carbons (Fsp3) is 0.417. The van der Waals surface area contributed by atoms with Crippen LogP contribution in [0.2, 0.25) is 10.0 Å². The van der Waals surface area contributed by atoms with Gasteiger partial charge in [0.2, 0.25) is 5.95 Å². The first-order valence-corrected chi connectivity index (χ1v) is 7.69. The van der Waals surface area contributed by atoms with Gasteiger partial charge in [-0.3, -0.25) is 0 Å². The van der Waals surface area contributed by atoms with Crippen molar-refractivity contribution in [3.05, 3.63) is 22.2 Å². The summed E-state index contributed by atoms with van der Waals surface area (Å²) in [6.07, 6.45) is 4.61. The van der Waals surface area contributed by atoms with E-state index in [9.17, 15) is 0 Å². The average Bonchev–Trinajstić information content (AvgIpc) is 3.05. The molecule has 1 fully saturated rings. The number of nitrogens with zero attached hydrogens (tertiary/aromatic N) is 2. The Morgan fingerprint density at radius 3 is 2.67 bits per heavy atom. The van der Waals surface area contributed by atoms with Gasteiger partial charge in [-0.05, 0) is 31.2 Å². The molecule has 0 atom stereocenters. The van der Waals surface area contributed by atoms with Crippen LogP contribution in [0, 0.1) is 0 Å². The largest absolute Gasteiger partial charge is 0.369 e. The summed E-state index contributed by atoms with van der Waals surface area (Å²) in [7, 11) is 0. The van der Waals surface area contributed by atoms with E-state index in [1.165, 1.54) is 12.8 Å². The molecule has 0 bridgehead atoms. The second-order valence-corrected chi connectivity index (χ2v) is 6.79. The third kappa shape index (κ3) is 1.96. The maximum atomic E-state index is 6.07. The van der Waals surface area contributed by atoms with Gasteiger partial charge in [-0.1, -0.05) is 23.2 Å². The van der Waals surface area contributed by atoms with E-state index < -0.39 is 0 Å². The number of halogens is 2. The molecule has 3 nitrogen and oxygen atoms in total. The molecule has 0 radical (unpaired) electrons.